The van der Waals surface area contributed by atoms with Crippen LogP contribution in [0.2, 0.25) is 0 Å². The molecule has 9 nitrogen and oxygen atoms in total. The number of carbonyl (C=O) groups excluding carboxylic acids is 2. The zero-order chi connectivity index (χ0) is 23.1. The smallest absolute Gasteiger partial charge is 0.404 e. The number of carbonyl (C=O) groups is 2. The quantitative estimate of drug-likeness (QED) is 0.517. The number of nitrogens with two attached hydrogens (primary N) is 1. The Morgan fingerprint density at radius 3 is 2.91 bits per heavy atom. The lowest BCUT2D eigenvalue weighted by Crippen LogP contribution is -2.44. The van der Waals surface area contributed by atoms with Crippen molar-refractivity contribution >= 4 is 28.7 Å². The Morgan fingerprint density at radius 2 is 2.12 bits per heavy atom. The fourth-order valence-electron chi connectivity index (χ4n) is 4.71. The minimum absolute atomic E-state index is 0.107. The van der Waals surface area contributed by atoms with E-state index in [0.717, 1.165) is 41.1 Å². The molecule has 0 aliphatic carbocycles. The third kappa shape index (κ3) is 3.69. The molecular formula is C24H26N6O3. The molecule has 5 heterocycles. The van der Waals surface area contributed by atoms with Gasteiger partial charge in [-0.3, -0.25) is 4.79 Å². The third-order valence-electron chi connectivity index (χ3n) is 6.27. The standard InChI is InChI=1S/C24H26N6O3/c1-3-29-19(12-16-6-4-9-26-22(16)29)21-15(2)30-11-8-17(13-20(30)27-21)23(31)28-10-5-7-18(14-28)33-24(25)32/h4,6,8-9,11-13,18H,3,5,7,10,14H2,1-2H3,(H2,25,32)/t18-/m1/s1. The number of piperidine rings is 1. The highest BCUT2D eigenvalue weighted by Gasteiger charge is 2.27. The van der Waals surface area contributed by atoms with E-state index in [1.165, 1.54) is 0 Å². The number of rotatable bonds is 4. The number of imidazole rings is 1. The molecule has 0 spiro atoms. The van der Waals surface area contributed by atoms with Gasteiger partial charge in [-0.25, -0.2) is 14.8 Å². The number of pyridine rings is 2. The van der Waals surface area contributed by atoms with Gasteiger partial charge in [-0.15, -0.1) is 0 Å². The molecule has 4 aromatic heterocycles. The van der Waals surface area contributed by atoms with Gasteiger partial charge in [-0.2, -0.15) is 0 Å². The van der Waals surface area contributed by atoms with Crippen molar-refractivity contribution in [2.24, 2.45) is 5.73 Å². The predicted octanol–water partition coefficient (Wildman–Crippen LogP) is 3.38. The van der Waals surface area contributed by atoms with Gasteiger partial charge in [-0.1, -0.05) is 0 Å². The monoisotopic (exact) mass is 446 g/mol. The van der Waals surface area contributed by atoms with Crippen LogP contribution in [0, 0.1) is 6.92 Å². The van der Waals surface area contributed by atoms with Crippen molar-refractivity contribution in [2.45, 2.75) is 39.3 Å². The molecule has 1 saturated heterocycles. The summed E-state index contributed by atoms with van der Waals surface area (Å²) < 4.78 is 9.26. The summed E-state index contributed by atoms with van der Waals surface area (Å²) in [6.45, 7) is 5.85. The van der Waals surface area contributed by atoms with E-state index in [2.05, 4.69) is 22.5 Å². The number of aromatic nitrogens is 4. The van der Waals surface area contributed by atoms with Crippen LogP contribution in [0.3, 0.4) is 0 Å². The van der Waals surface area contributed by atoms with Gasteiger partial charge in [-0.05, 0) is 57.0 Å². The number of primary amides is 1. The largest absolute Gasteiger partial charge is 0.445 e. The molecule has 0 bridgehead atoms. The molecule has 1 aliphatic heterocycles. The maximum Gasteiger partial charge on any atom is 0.404 e. The SMILES string of the molecule is CCn1c(-c2nc3cc(C(=O)N4CCC[C@@H](OC(N)=O)C4)ccn3c2C)cc2cccnc21. The first-order valence-corrected chi connectivity index (χ1v) is 11.1. The number of ether oxygens (including phenoxy) is 1. The van der Waals surface area contributed by atoms with Crippen LogP contribution in [0.25, 0.3) is 28.1 Å². The van der Waals surface area contributed by atoms with Crippen molar-refractivity contribution in [1.29, 1.82) is 0 Å². The number of nitrogens with zero attached hydrogens (tertiary/aromatic N) is 5. The number of aryl methyl sites for hydroxylation is 2. The first-order chi connectivity index (χ1) is 16.0. The minimum atomic E-state index is -0.809. The van der Waals surface area contributed by atoms with Crippen LogP contribution >= 0.6 is 0 Å². The summed E-state index contributed by atoms with van der Waals surface area (Å²) in [6, 6.07) is 9.71. The molecule has 170 valence electrons. The number of hydrogen-bond acceptors (Lipinski definition) is 5. The van der Waals surface area contributed by atoms with Gasteiger partial charge in [0.2, 0.25) is 0 Å². The van der Waals surface area contributed by atoms with E-state index >= 15 is 0 Å². The van der Waals surface area contributed by atoms with Crippen molar-refractivity contribution in [3.8, 4) is 11.4 Å². The van der Waals surface area contributed by atoms with Gasteiger partial charge in [0.1, 0.15) is 23.1 Å². The number of hydrogen-bond donors (Lipinski definition) is 1. The Bertz CT molecular complexity index is 1370. The number of likely N-dealkylation sites (tertiary alicyclic amines) is 1. The minimum Gasteiger partial charge on any atom is -0.445 e. The maximum atomic E-state index is 13.2. The highest BCUT2D eigenvalue weighted by Crippen LogP contribution is 2.30. The molecular weight excluding hydrogens is 420 g/mol. The summed E-state index contributed by atoms with van der Waals surface area (Å²) in [5.41, 5.74) is 10.2. The summed E-state index contributed by atoms with van der Waals surface area (Å²) in [4.78, 5) is 35.4. The Balaban J connectivity index is 1.49. The summed E-state index contributed by atoms with van der Waals surface area (Å²) >= 11 is 0. The van der Waals surface area contributed by atoms with Crippen molar-refractivity contribution in [3.05, 3.63) is 54.0 Å². The summed E-state index contributed by atoms with van der Waals surface area (Å²) in [7, 11) is 0. The molecule has 1 fully saturated rings. The van der Waals surface area contributed by atoms with Crippen LogP contribution in [0.5, 0.6) is 0 Å². The Hall–Kier alpha value is -3.88. The van der Waals surface area contributed by atoms with E-state index in [4.69, 9.17) is 15.5 Å². The molecule has 33 heavy (non-hydrogen) atoms. The molecule has 2 N–H and O–H groups in total. The van der Waals surface area contributed by atoms with Crippen molar-refractivity contribution in [2.75, 3.05) is 13.1 Å². The van der Waals surface area contributed by atoms with Gasteiger partial charge in [0.15, 0.2) is 0 Å². The summed E-state index contributed by atoms with van der Waals surface area (Å²) in [5.74, 6) is -0.107. The molecule has 0 unspecified atom stereocenters. The van der Waals surface area contributed by atoms with Gasteiger partial charge in [0, 0.05) is 42.1 Å². The Labute approximate surface area is 190 Å². The zero-order valence-electron chi connectivity index (χ0n) is 18.7. The second kappa shape index (κ2) is 8.23. The molecule has 0 radical (unpaired) electrons. The van der Waals surface area contributed by atoms with Crippen LogP contribution in [0.15, 0.2) is 42.7 Å². The second-order valence-electron chi connectivity index (χ2n) is 8.33. The molecule has 4 aromatic rings. The molecule has 0 aromatic carbocycles. The first-order valence-electron chi connectivity index (χ1n) is 11.1. The van der Waals surface area contributed by atoms with Crippen molar-refractivity contribution in [1.82, 2.24) is 23.8 Å². The molecule has 1 aliphatic rings. The lowest BCUT2D eigenvalue weighted by Gasteiger charge is -2.32. The van der Waals surface area contributed by atoms with E-state index < -0.39 is 6.09 Å². The molecule has 9 heteroatoms. The Morgan fingerprint density at radius 1 is 1.27 bits per heavy atom. The fraction of sp³-hybridized carbons (Fsp3) is 0.333. The van der Waals surface area contributed by atoms with Gasteiger partial charge < -0.3 is 24.3 Å². The van der Waals surface area contributed by atoms with E-state index in [-0.39, 0.29) is 12.0 Å². The predicted molar refractivity (Wildman–Crippen MR) is 124 cm³/mol. The van der Waals surface area contributed by atoms with E-state index in [9.17, 15) is 9.59 Å². The van der Waals surface area contributed by atoms with Gasteiger partial charge in [0.05, 0.1) is 12.2 Å². The molecule has 0 saturated carbocycles. The van der Waals surface area contributed by atoms with E-state index in [0.29, 0.717) is 30.7 Å². The lowest BCUT2D eigenvalue weighted by atomic mass is 10.1. The highest BCUT2D eigenvalue weighted by atomic mass is 16.6. The molecule has 5 rings (SSSR count). The lowest BCUT2D eigenvalue weighted by molar-refractivity contribution is 0.0373. The van der Waals surface area contributed by atoms with Crippen molar-refractivity contribution in [3.63, 3.8) is 0 Å². The van der Waals surface area contributed by atoms with Gasteiger partial charge >= 0.3 is 6.09 Å². The van der Waals surface area contributed by atoms with Crippen LogP contribution in [-0.4, -0.2) is 55.0 Å². The van der Waals surface area contributed by atoms with Crippen molar-refractivity contribution < 1.29 is 14.3 Å². The highest BCUT2D eigenvalue weighted by molar-refractivity contribution is 5.95. The maximum absolute atomic E-state index is 13.2. The van der Waals surface area contributed by atoms with Crippen LogP contribution in [-0.2, 0) is 11.3 Å². The first kappa shape index (κ1) is 21.0. The van der Waals surface area contributed by atoms with Crippen LogP contribution in [0.1, 0.15) is 35.8 Å². The number of amides is 2. The number of fused-ring (bicyclic) bond motifs is 2. The summed E-state index contributed by atoms with van der Waals surface area (Å²) in [6.07, 6.45) is 3.96. The Kier molecular flexibility index (Phi) is 5.24. The average Bonchev–Trinajstić information content (AvgIpc) is 3.35. The van der Waals surface area contributed by atoms with E-state index in [1.54, 1.807) is 11.1 Å². The van der Waals surface area contributed by atoms with E-state index in [1.807, 2.05) is 41.8 Å². The molecule has 2 amide bonds. The van der Waals surface area contributed by atoms with Gasteiger partial charge in [0.25, 0.3) is 5.91 Å². The zero-order valence-corrected chi connectivity index (χ0v) is 18.7. The van der Waals surface area contributed by atoms with Crippen LogP contribution < -0.4 is 5.73 Å². The average molecular weight is 447 g/mol. The molecule has 1 atom stereocenters. The third-order valence-corrected chi connectivity index (χ3v) is 6.27. The normalized spacial score (nSPS) is 16.4. The summed E-state index contributed by atoms with van der Waals surface area (Å²) in [5, 5.41) is 1.07. The second-order valence-corrected chi connectivity index (χ2v) is 8.33. The topological polar surface area (TPSA) is 108 Å². The van der Waals surface area contributed by atoms with Crippen LogP contribution in [0.4, 0.5) is 4.79 Å². The fourth-order valence-corrected chi connectivity index (χ4v) is 4.71.